The Morgan fingerprint density at radius 3 is 1.56 bits per heavy atom. The van der Waals surface area contributed by atoms with Crippen LogP contribution in [-0.4, -0.2) is 5.11 Å². The minimum Gasteiger partial charge on any atom is -0.506 e. The van der Waals surface area contributed by atoms with Gasteiger partial charge >= 0.3 is 0 Å². The zero-order valence-electron chi connectivity index (χ0n) is 19.2. The number of rotatable bonds is 6. The SMILES string of the molecule is CC(C)(c1ccccc1)c1cc(Sc2ccccc2)c(O)c(C(C)(C)c2ccccc2)c1. The van der Waals surface area contributed by atoms with Gasteiger partial charge in [0.2, 0.25) is 0 Å². The second kappa shape index (κ2) is 8.88. The molecule has 0 atom stereocenters. The van der Waals surface area contributed by atoms with Crippen LogP contribution in [0.1, 0.15) is 49.9 Å². The molecular weight excluding hydrogens is 408 g/mol. The average molecular weight is 439 g/mol. The van der Waals surface area contributed by atoms with E-state index in [0.29, 0.717) is 5.75 Å². The van der Waals surface area contributed by atoms with E-state index in [2.05, 4.69) is 107 Å². The van der Waals surface area contributed by atoms with E-state index >= 15 is 0 Å². The second-order valence-corrected chi connectivity index (χ2v) is 10.4. The van der Waals surface area contributed by atoms with Gasteiger partial charge < -0.3 is 5.11 Å². The summed E-state index contributed by atoms with van der Waals surface area (Å²) in [6, 6.07) is 35.6. The van der Waals surface area contributed by atoms with Gasteiger partial charge in [-0.25, -0.2) is 0 Å². The summed E-state index contributed by atoms with van der Waals surface area (Å²) in [4.78, 5) is 2.00. The number of aromatic hydroxyl groups is 1. The fourth-order valence-corrected chi connectivity index (χ4v) is 5.11. The maximum absolute atomic E-state index is 11.5. The van der Waals surface area contributed by atoms with Gasteiger partial charge in [-0.2, -0.15) is 0 Å². The van der Waals surface area contributed by atoms with E-state index in [1.54, 1.807) is 11.8 Å². The first kappa shape index (κ1) is 22.2. The summed E-state index contributed by atoms with van der Waals surface area (Å²) in [5.41, 5.74) is 4.02. The Bertz CT molecular complexity index is 1180. The van der Waals surface area contributed by atoms with Gasteiger partial charge in [-0.3, -0.25) is 0 Å². The van der Waals surface area contributed by atoms with Crippen molar-refractivity contribution >= 4 is 11.8 Å². The first-order chi connectivity index (χ1) is 15.3. The Balaban J connectivity index is 1.91. The lowest BCUT2D eigenvalue weighted by Crippen LogP contribution is -2.23. The van der Waals surface area contributed by atoms with E-state index in [4.69, 9.17) is 0 Å². The minimum atomic E-state index is -0.347. The number of hydrogen-bond donors (Lipinski definition) is 1. The third-order valence-electron chi connectivity index (χ3n) is 6.43. The van der Waals surface area contributed by atoms with Crippen LogP contribution in [0.5, 0.6) is 5.75 Å². The Hall–Kier alpha value is -2.97. The van der Waals surface area contributed by atoms with Gasteiger partial charge in [-0.15, -0.1) is 0 Å². The highest BCUT2D eigenvalue weighted by atomic mass is 32.2. The molecule has 0 aliphatic carbocycles. The number of phenolic OH excluding ortho intramolecular Hbond substituents is 1. The highest BCUT2D eigenvalue weighted by Crippen LogP contribution is 2.46. The molecule has 0 aromatic heterocycles. The van der Waals surface area contributed by atoms with Crippen LogP contribution in [0.4, 0.5) is 0 Å². The lowest BCUT2D eigenvalue weighted by atomic mass is 9.73. The van der Waals surface area contributed by atoms with Crippen LogP contribution in [0.3, 0.4) is 0 Å². The molecule has 0 saturated carbocycles. The van der Waals surface area contributed by atoms with Gasteiger partial charge in [0.1, 0.15) is 5.75 Å². The zero-order valence-corrected chi connectivity index (χ0v) is 20.0. The van der Waals surface area contributed by atoms with Gasteiger partial charge in [0.15, 0.2) is 0 Å². The molecule has 32 heavy (non-hydrogen) atoms. The standard InChI is InChI=1S/C30H30OS/c1-29(2,22-14-8-5-9-15-22)24-20-26(30(3,4)23-16-10-6-11-17-23)28(31)27(21-24)32-25-18-12-7-13-19-25/h5-21,31H,1-4H3. The molecule has 4 aromatic rings. The molecule has 4 rings (SSSR count). The highest BCUT2D eigenvalue weighted by Gasteiger charge is 2.32. The van der Waals surface area contributed by atoms with Gasteiger partial charge in [0.25, 0.3) is 0 Å². The molecule has 0 amide bonds. The van der Waals surface area contributed by atoms with Crippen molar-refractivity contribution in [3.8, 4) is 5.75 Å². The first-order valence-electron chi connectivity index (χ1n) is 11.0. The van der Waals surface area contributed by atoms with Crippen LogP contribution in [0.25, 0.3) is 0 Å². The number of phenols is 1. The van der Waals surface area contributed by atoms with Crippen molar-refractivity contribution in [2.24, 2.45) is 0 Å². The molecule has 1 N–H and O–H groups in total. The minimum absolute atomic E-state index is 0.206. The Morgan fingerprint density at radius 1 is 0.562 bits per heavy atom. The second-order valence-electron chi connectivity index (χ2n) is 9.27. The quantitative estimate of drug-likeness (QED) is 0.327. The van der Waals surface area contributed by atoms with Crippen molar-refractivity contribution in [2.45, 2.75) is 48.3 Å². The van der Waals surface area contributed by atoms with Crippen molar-refractivity contribution in [1.29, 1.82) is 0 Å². The van der Waals surface area contributed by atoms with Crippen LogP contribution in [0.15, 0.2) is 113 Å². The Labute approximate surface area is 196 Å². The summed E-state index contributed by atoms with van der Waals surface area (Å²) in [5, 5.41) is 11.5. The third kappa shape index (κ3) is 4.33. The molecule has 0 saturated heterocycles. The molecule has 0 heterocycles. The smallest absolute Gasteiger partial charge is 0.133 e. The number of hydrogen-bond acceptors (Lipinski definition) is 2. The molecule has 1 nitrogen and oxygen atoms in total. The Morgan fingerprint density at radius 2 is 1.03 bits per heavy atom. The van der Waals surface area contributed by atoms with Crippen LogP contribution in [0.2, 0.25) is 0 Å². The first-order valence-corrected chi connectivity index (χ1v) is 11.8. The molecule has 4 aromatic carbocycles. The zero-order chi connectivity index (χ0) is 22.8. The van der Waals surface area contributed by atoms with Crippen molar-refractivity contribution in [2.75, 3.05) is 0 Å². The van der Waals surface area contributed by atoms with Gasteiger partial charge in [0.05, 0.1) is 4.90 Å². The topological polar surface area (TPSA) is 20.2 Å². The van der Waals surface area contributed by atoms with Crippen LogP contribution in [0, 0.1) is 0 Å². The molecule has 2 heteroatoms. The third-order valence-corrected chi connectivity index (χ3v) is 7.47. The van der Waals surface area contributed by atoms with E-state index in [-0.39, 0.29) is 10.8 Å². The molecule has 0 aliphatic heterocycles. The van der Waals surface area contributed by atoms with E-state index in [0.717, 1.165) is 15.4 Å². The fraction of sp³-hybridized carbons (Fsp3) is 0.200. The summed E-state index contributed by atoms with van der Waals surface area (Å²) in [6.07, 6.45) is 0. The average Bonchev–Trinajstić information content (AvgIpc) is 2.82. The van der Waals surface area contributed by atoms with Crippen molar-refractivity contribution in [1.82, 2.24) is 0 Å². The summed E-state index contributed by atoms with van der Waals surface area (Å²) >= 11 is 1.62. The van der Waals surface area contributed by atoms with Crippen molar-refractivity contribution in [3.63, 3.8) is 0 Å². The predicted molar refractivity (Wildman–Crippen MR) is 136 cm³/mol. The van der Waals surface area contributed by atoms with Crippen LogP contribution < -0.4 is 0 Å². The Kier molecular flexibility index (Phi) is 6.17. The molecular formula is C30H30OS. The van der Waals surface area contributed by atoms with Gasteiger partial charge in [-0.05, 0) is 34.9 Å². The molecule has 0 spiro atoms. The summed E-state index contributed by atoms with van der Waals surface area (Å²) < 4.78 is 0. The summed E-state index contributed by atoms with van der Waals surface area (Å²) in [6.45, 7) is 8.89. The molecule has 0 aliphatic rings. The van der Waals surface area contributed by atoms with E-state index < -0.39 is 0 Å². The van der Waals surface area contributed by atoms with E-state index in [9.17, 15) is 5.11 Å². The number of benzene rings is 4. The van der Waals surface area contributed by atoms with Crippen LogP contribution >= 0.6 is 11.8 Å². The molecule has 0 bridgehead atoms. The molecule has 0 fully saturated rings. The maximum atomic E-state index is 11.5. The summed E-state index contributed by atoms with van der Waals surface area (Å²) in [7, 11) is 0. The largest absolute Gasteiger partial charge is 0.506 e. The lowest BCUT2D eigenvalue weighted by molar-refractivity contribution is 0.439. The maximum Gasteiger partial charge on any atom is 0.133 e. The molecule has 162 valence electrons. The summed E-state index contributed by atoms with van der Waals surface area (Å²) in [5.74, 6) is 0.361. The van der Waals surface area contributed by atoms with Gasteiger partial charge in [0, 0.05) is 21.3 Å². The van der Waals surface area contributed by atoms with Crippen molar-refractivity contribution < 1.29 is 5.11 Å². The van der Waals surface area contributed by atoms with Crippen LogP contribution in [-0.2, 0) is 10.8 Å². The highest BCUT2D eigenvalue weighted by molar-refractivity contribution is 7.99. The monoisotopic (exact) mass is 438 g/mol. The normalized spacial score (nSPS) is 12.0. The van der Waals surface area contributed by atoms with Crippen molar-refractivity contribution in [3.05, 3.63) is 125 Å². The molecule has 0 unspecified atom stereocenters. The van der Waals surface area contributed by atoms with Gasteiger partial charge in [-0.1, -0.05) is 124 Å². The lowest BCUT2D eigenvalue weighted by Gasteiger charge is -2.32. The predicted octanol–water partition coefficient (Wildman–Crippen LogP) is 8.20. The molecule has 0 radical (unpaired) electrons. The van der Waals surface area contributed by atoms with E-state index in [1.807, 2.05) is 24.3 Å². The van der Waals surface area contributed by atoms with E-state index in [1.165, 1.54) is 16.7 Å². The fourth-order valence-electron chi connectivity index (χ4n) is 4.17.